The Morgan fingerprint density at radius 2 is 2.00 bits per heavy atom. The maximum Gasteiger partial charge on any atom is 0.227 e. The highest BCUT2D eigenvalue weighted by molar-refractivity contribution is 6.30. The van der Waals surface area contributed by atoms with Gasteiger partial charge in [-0.15, -0.1) is 0 Å². The lowest BCUT2D eigenvalue weighted by molar-refractivity contribution is -0.132. The highest BCUT2D eigenvalue weighted by Crippen LogP contribution is 2.31. The topological polar surface area (TPSA) is 59.1 Å². The van der Waals surface area contributed by atoms with Crippen LogP contribution in [0, 0.1) is 0 Å². The summed E-state index contributed by atoms with van der Waals surface area (Å²) in [6, 6.07) is 14.6. The zero-order chi connectivity index (χ0) is 19.9. The van der Waals surface area contributed by atoms with E-state index in [1.807, 2.05) is 36.4 Å². The molecule has 3 rings (SSSR count). The van der Waals surface area contributed by atoms with Gasteiger partial charge in [-0.1, -0.05) is 29.8 Å². The van der Waals surface area contributed by atoms with Crippen LogP contribution in [0.5, 0.6) is 11.5 Å². The number of para-hydroxylation sites is 2. The van der Waals surface area contributed by atoms with Crippen molar-refractivity contribution in [3.05, 3.63) is 53.6 Å². The van der Waals surface area contributed by atoms with Crippen LogP contribution in [-0.4, -0.2) is 50.1 Å². The van der Waals surface area contributed by atoms with Gasteiger partial charge >= 0.3 is 0 Å². The molecule has 0 N–H and O–H groups in total. The maximum absolute atomic E-state index is 12.6. The molecular formula is C21H23ClN2O4. The second kappa shape index (κ2) is 9.46. The molecule has 0 saturated carbocycles. The zero-order valence-corrected chi connectivity index (χ0v) is 16.5. The summed E-state index contributed by atoms with van der Waals surface area (Å²) in [5, 5.41) is 0.602. The average molecular weight is 403 g/mol. The number of hydrogen-bond donors (Lipinski definition) is 0. The quantitative estimate of drug-likeness (QED) is 0.712. The molecule has 0 radical (unpaired) electrons. The molecule has 0 aromatic heterocycles. The summed E-state index contributed by atoms with van der Waals surface area (Å²) in [4.78, 5) is 28.2. The van der Waals surface area contributed by atoms with Gasteiger partial charge in [0.15, 0.2) is 0 Å². The number of ether oxygens (including phenoxy) is 2. The molecule has 1 heterocycles. The molecule has 7 heteroatoms. The molecule has 0 saturated heterocycles. The molecule has 0 unspecified atom stereocenters. The molecule has 28 heavy (non-hydrogen) atoms. The van der Waals surface area contributed by atoms with Gasteiger partial charge < -0.3 is 19.3 Å². The number of fused-ring (bicyclic) bond motifs is 1. The van der Waals surface area contributed by atoms with Gasteiger partial charge in [-0.3, -0.25) is 9.59 Å². The number of carbonyl (C=O) groups is 2. The van der Waals surface area contributed by atoms with Crippen molar-refractivity contribution in [3.8, 4) is 11.5 Å². The molecule has 1 aliphatic rings. The fraction of sp³-hybridized carbons (Fsp3) is 0.333. The van der Waals surface area contributed by atoms with Crippen molar-refractivity contribution in [2.45, 2.75) is 12.8 Å². The summed E-state index contributed by atoms with van der Waals surface area (Å²) >= 11 is 5.92. The van der Waals surface area contributed by atoms with Crippen LogP contribution in [0.4, 0.5) is 5.69 Å². The van der Waals surface area contributed by atoms with Gasteiger partial charge in [0.1, 0.15) is 24.7 Å². The second-order valence-electron chi connectivity index (χ2n) is 6.48. The minimum Gasteiger partial charge on any atom is -0.492 e. The molecular weight excluding hydrogens is 380 g/mol. The van der Waals surface area contributed by atoms with E-state index >= 15 is 0 Å². The molecule has 0 spiro atoms. The Balaban J connectivity index is 1.44. The zero-order valence-electron chi connectivity index (χ0n) is 15.8. The Labute approximate surface area is 169 Å². The lowest BCUT2D eigenvalue weighted by atomic mass is 10.2. The molecule has 2 amide bonds. The fourth-order valence-electron chi connectivity index (χ4n) is 2.95. The highest BCUT2D eigenvalue weighted by Gasteiger charge is 2.24. The molecule has 0 atom stereocenters. The molecule has 6 nitrogen and oxygen atoms in total. The number of carbonyl (C=O) groups excluding carboxylic acids is 2. The van der Waals surface area contributed by atoms with E-state index in [2.05, 4.69) is 0 Å². The van der Waals surface area contributed by atoms with E-state index in [0.29, 0.717) is 42.8 Å². The molecule has 0 aliphatic carbocycles. The summed E-state index contributed by atoms with van der Waals surface area (Å²) < 4.78 is 11.2. The van der Waals surface area contributed by atoms with Crippen LogP contribution in [0.1, 0.15) is 12.8 Å². The van der Waals surface area contributed by atoms with Gasteiger partial charge in [-0.05, 0) is 30.3 Å². The van der Waals surface area contributed by atoms with Gasteiger partial charge in [0, 0.05) is 24.9 Å². The number of hydrogen-bond acceptors (Lipinski definition) is 4. The minimum atomic E-state index is -0.0930. The van der Waals surface area contributed by atoms with E-state index in [0.717, 1.165) is 5.69 Å². The average Bonchev–Trinajstić information content (AvgIpc) is 2.71. The third-order valence-corrected chi connectivity index (χ3v) is 4.73. The second-order valence-corrected chi connectivity index (χ2v) is 6.92. The number of anilines is 1. The van der Waals surface area contributed by atoms with Gasteiger partial charge in [0.25, 0.3) is 0 Å². The Morgan fingerprint density at radius 1 is 1.18 bits per heavy atom. The summed E-state index contributed by atoms with van der Waals surface area (Å²) in [5.74, 6) is 1.19. The van der Waals surface area contributed by atoms with Crippen molar-refractivity contribution < 1.29 is 19.1 Å². The summed E-state index contributed by atoms with van der Waals surface area (Å²) in [6.45, 7) is 1.73. The van der Waals surface area contributed by atoms with Crippen LogP contribution in [-0.2, 0) is 9.59 Å². The third kappa shape index (κ3) is 5.16. The SMILES string of the molecule is CN(CCOc1cccc(Cl)c1)C(=O)CCC(=O)N1CCOc2ccccc21. The van der Waals surface area contributed by atoms with E-state index < -0.39 is 0 Å². The van der Waals surface area contributed by atoms with Crippen LogP contribution in [0.3, 0.4) is 0 Å². The van der Waals surface area contributed by atoms with Crippen molar-refractivity contribution in [3.63, 3.8) is 0 Å². The predicted molar refractivity (Wildman–Crippen MR) is 108 cm³/mol. The summed E-state index contributed by atoms with van der Waals surface area (Å²) in [7, 11) is 1.71. The van der Waals surface area contributed by atoms with E-state index in [-0.39, 0.29) is 24.7 Å². The normalized spacial score (nSPS) is 12.7. The van der Waals surface area contributed by atoms with E-state index in [1.54, 1.807) is 29.0 Å². The van der Waals surface area contributed by atoms with E-state index in [1.165, 1.54) is 0 Å². The number of halogens is 1. The van der Waals surface area contributed by atoms with Crippen LogP contribution < -0.4 is 14.4 Å². The third-order valence-electron chi connectivity index (χ3n) is 4.50. The van der Waals surface area contributed by atoms with Crippen LogP contribution >= 0.6 is 11.6 Å². The first-order valence-corrected chi connectivity index (χ1v) is 9.57. The van der Waals surface area contributed by atoms with Crippen molar-refractivity contribution in [2.75, 3.05) is 38.3 Å². The maximum atomic E-state index is 12.6. The predicted octanol–water partition coefficient (Wildman–Crippen LogP) is 3.38. The molecule has 148 valence electrons. The monoisotopic (exact) mass is 402 g/mol. The Morgan fingerprint density at radius 3 is 2.82 bits per heavy atom. The van der Waals surface area contributed by atoms with Crippen molar-refractivity contribution >= 4 is 29.1 Å². The number of rotatable bonds is 7. The van der Waals surface area contributed by atoms with Crippen LogP contribution in [0.2, 0.25) is 5.02 Å². The van der Waals surface area contributed by atoms with Crippen molar-refractivity contribution in [2.24, 2.45) is 0 Å². The molecule has 2 aromatic carbocycles. The summed E-state index contributed by atoms with van der Waals surface area (Å²) in [6.07, 6.45) is 0.318. The Kier molecular flexibility index (Phi) is 6.76. The standard InChI is InChI=1S/C21H23ClN2O4/c1-23(11-13-27-17-6-4-5-16(22)15-17)20(25)9-10-21(26)24-12-14-28-19-8-3-2-7-18(19)24/h2-8,15H,9-14H2,1H3. The lowest BCUT2D eigenvalue weighted by Gasteiger charge is -2.29. The number of amides is 2. The largest absolute Gasteiger partial charge is 0.492 e. The summed E-state index contributed by atoms with van der Waals surface area (Å²) in [5.41, 5.74) is 0.759. The first-order valence-electron chi connectivity index (χ1n) is 9.19. The van der Waals surface area contributed by atoms with Gasteiger partial charge in [-0.2, -0.15) is 0 Å². The van der Waals surface area contributed by atoms with E-state index in [4.69, 9.17) is 21.1 Å². The fourth-order valence-corrected chi connectivity index (χ4v) is 3.13. The van der Waals surface area contributed by atoms with Crippen LogP contribution in [0.25, 0.3) is 0 Å². The van der Waals surface area contributed by atoms with Crippen LogP contribution in [0.15, 0.2) is 48.5 Å². The first kappa shape index (κ1) is 20.0. The Hall–Kier alpha value is -2.73. The number of nitrogens with zero attached hydrogens (tertiary/aromatic N) is 2. The molecule has 2 aromatic rings. The van der Waals surface area contributed by atoms with Crippen molar-refractivity contribution in [1.29, 1.82) is 0 Å². The molecule has 1 aliphatic heterocycles. The van der Waals surface area contributed by atoms with Gasteiger partial charge in [-0.25, -0.2) is 0 Å². The van der Waals surface area contributed by atoms with E-state index in [9.17, 15) is 9.59 Å². The lowest BCUT2D eigenvalue weighted by Crippen LogP contribution is -2.39. The minimum absolute atomic E-state index is 0.0762. The molecule has 0 fully saturated rings. The van der Waals surface area contributed by atoms with Gasteiger partial charge in [0.2, 0.25) is 11.8 Å². The first-order chi connectivity index (χ1) is 13.5. The van der Waals surface area contributed by atoms with Gasteiger partial charge in [0.05, 0.1) is 18.8 Å². The Bertz CT molecular complexity index is 843. The number of benzene rings is 2. The highest BCUT2D eigenvalue weighted by atomic mass is 35.5. The smallest absolute Gasteiger partial charge is 0.227 e. The number of likely N-dealkylation sites (N-methyl/N-ethyl adjacent to an activating group) is 1. The van der Waals surface area contributed by atoms with Crippen molar-refractivity contribution in [1.82, 2.24) is 4.90 Å². The molecule has 0 bridgehead atoms.